The van der Waals surface area contributed by atoms with Crippen LogP contribution in [-0.4, -0.2) is 6.54 Å². The molecule has 0 heterocycles. The van der Waals surface area contributed by atoms with Crippen LogP contribution in [0.5, 0.6) is 0 Å². The van der Waals surface area contributed by atoms with Crippen LogP contribution in [0.25, 0.3) is 0 Å². The van der Waals surface area contributed by atoms with E-state index in [0.717, 1.165) is 18.2 Å². The van der Waals surface area contributed by atoms with Gasteiger partial charge in [-0.25, -0.2) is 13.2 Å². The van der Waals surface area contributed by atoms with Gasteiger partial charge in [-0.1, -0.05) is 30.7 Å². The van der Waals surface area contributed by atoms with Crippen molar-refractivity contribution < 1.29 is 13.2 Å². The summed E-state index contributed by atoms with van der Waals surface area (Å²) in [5.41, 5.74) is 0.535. The Labute approximate surface area is 126 Å². The van der Waals surface area contributed by atoms with E-state index in [4.69, 9.17) is 11.6 Å². The van der Waals surface area contributed by atoms with E-state index in [-0.39, 0.29) is 17.0 Å². The summed E-state index contributed by atoms with van der Waals surface area (Å²) in [6.07, 6.45) is 0.181. The Bertz CT molecular complexity index is 631. The highest BCUT2D eigenvalue weighted by Gasteiger charge is 2.18. The predicted molar refractivity (Wildman–Crippen MR) is 77.9 cm³/mol. The molecule has 0 fully saturated rings. The molecule has 112 valence electrons. The highest BCUT2D eigenvalue weighted by molar-refractivity contribution is 6.30. The third kappa shape index (κ3) is 3.77. The molecule has 2 aromatic rings. The second-order valence-corrected chi connectivity index (χ2v) is 5.10. The molecule has 0 amide bonds. The van der Waals surface area contributed by atoms with E-state index < -0.39 is 23.5 Å². The highest BCUT2D eigenvalue weighted by Crippen LogP contribution is 2.26. The first-order chi connectivity index (χ1) is 10.0. The van der Waals surface area contributed by atoms with E-state index in [1.54, 1.807) is 12.1 Å². The molecule has 2 aromatic carbocycles. The van der Waals surface area contributed by atoms with Crippen molar-refractivity contribution in [2.45, 2.75) is 19.4 Å². The summed E-state index contributed by atoms with van der Waals surface area (Å²) in [5, 5.41) is 3.06. The molecular formula is C16H15ClF3N. The number of benzene rings is 2. The Morgan fingerprint density at radius 1 is 1.14 bits per heavy atom. The molecule has 0 radical (unpaired) electrons. The molecule has 21 heavy (non-hydrogen) atoms. The lowest BCUT2D eigenvalue weighted by atomic mass is 9.98. The van der Waals surface area contributed by atoms with Crippen LogP contribution in [0, 0.1) is 17.5 Å². The van der Waals surface area contributed by atoms with Gasteiger partial charge in [-0.05, 0) is 42.8 Å². The molecule has 2 rings (SSSR count). The van der Waals surface area contributed by atoms with E-state index in [1.165, 1.54) is 6.07 Å². The molecule has 1 unspecified atom stereocenters. The summed E-state index contributed by atoms with van der Waals surface area (Å²) < 4.78 is 41.2. The molecule has 1 N–H and O–H groups in total. The van der Waals surface area contributed by atoms with Gasteiger partial charge in [-0.2, -0.15) is 0 Å². The van der Waals surface area contributed by atoms with Crippen molar-refractivity contribution in [3.05, 3.63) is 70.0 Å². The molecular weight excluding hydrogens is 299 g/mol. The smallest absolute Gasteiger partial charge is 0.145 e. The van der Waals surface area contributed by atoms with E-state index in [2.05, 4.69) is 5.32 Å². The van der Waals surface area contributed by atoms with Crippen LogP contribution >= 0.6 is 11.6 Å². The minimum absolute atomic E-state index is 0.0162. The Hall–Kier alpha value is -1.52. The average molecular weight is 314 g/mol. The maximum Gasteiger partial charge on any atom is 0.145 e. The van der Waals surface area contributed by atoms with Gasteiger partial charge in [0.25, 0.3) is 0 Å². The van der Waals surface area contributed by atoms with Gasteiger partial charge in [0.15, 0.2) is 0 Å². The van der Waals surface area contributed by atoms with Crippen LogP contribution < -0.4 is 5.32 Å². The topological polar surface area (TPSA) is 12.0 Å². The van der Waals surface area contributed by atoms with Crippen LogP contribution in [0.3, 0.4) is 0 Å². The van der Waals surface area contributed by atoms with Crippen LogP contribution in [0.2, 0.25) is 5.02 Å². The SMILES string of the molecule is CCNC(Cc1cccc(Cl)c1F)c1cc(F)ccc1F. The van der Waals surface area contributed by atoms with Crippen LogP contribution in [0.4, 0.5) is 13.2 Å². The molecule has 0 bridgehead atoms. The fraction of sp³-hybridized carbons (Fsp3) is 0.250. The second-order valence-electron chi connectivity index (χ2n) is 4.69. The third-order valence-corrected chi connectivity index (χ3v) is 3.53. The predicted octanol–water partition coefficient (Wildman–Crippen LogP) is 4.65. The fourth-order valence-corrected chi connectivity index (χ4v) is 2.44. The lowest BCUT2D eigenvalue weighted by Crippen LogP contribution is -2.24. The van der Waals surface area contributed by atoms with Gasteiger partial charge in [0.2, 0.25) is 0 Å². The molecule has 1 atom stereocenters. The quantitative estimate of drug-likeness (QED) is 0.847. The van der Waals surface area contributed by atoms with Gasteiger partial charge in [0, 0.05) is 11.6 Å². The summed E-state index contributed by atoms with van der Waals surface area (Å²) >= 11 is 5.75. The Morgan fingerprint density at radius 2 is 1.90 bits per heavy atom. The monoisotopic (exact) mass is 313 g/mol. The number of rotatable bonds is 5. The van der Waals surface area contributed by atoms with Crippen molar-refractivity contribution in [2.75, 3.05) is 6.54 Å². The lowest BCUT2D eigenvalue weighted by molar-refractivity contribution is 0.492. The Kier molecular flexibility index (Phi) is 5.26. The van der Waals surface area contributed by atoms with Crippen molar-refractivity contribution in [1.82, 2.24) is 5.32 Å². The van der Waals surface area contributed by atoms with E-state index in [1.807, 2.05) is 6.92 Å². The molecule has 5 heteroatoms. The Balaban J connectivity index is 2.35. The second kappa shape index (κ2) is 6.96. The minimum atomic E-state index is -0.529. The Morgan fingerprint density at radius 3 is 2.62 bits per heavy atom. The number of nitrogens with one attached hydrogen (secondary N) is 1. The zero-order valence-electron chi connectivity index (χ0n) is 11.5. The summed E-state index contributed by atoms with van der Waals surface area (Å²) in [5.74, 6) is -1.58. The standard InChI is InChI=1S/C16H15ClF3N/c1-2-21-15(12-9-11(18)6-7-14(12)19)8-10-4-3-5-13(17)16(10)20/h3-7,9,15,21H,2,8H2,1H3. The van der Waals surface area contributed by atoms with Gasteiger partial charge in [-0.15, -0.1) is 0 Å². The molecule has 0 aliphatic rings. The first-order valence-corrected chi connectivity index (χ1v) is 7.02. The van der Waals surface area contributed by atoms with Gasteiger partial charge >= 0.3 is 0 Å². The molecule has 0 aliphatic heterocycles. The van der Waals surface area contributed by atoms with E-state index in [9.17, 15) is 13.2 Å². The summed E-state index contributed by atoms with van der Waals surface area (Å²) in [6, 6.07) is 7.40. The molecule has 0 saturated carbocycles. The number of likely N-dealkylation sites (N-methyl/N-ethyl adjacent to an activating group) is 1. The fourth-order valence-electron chi connectivity index (χ4n) is 2.25. The molecule has 0 aromatic heterocycles. The van der Waals surface area contributed by atoms with E-state index >= 15 is 0 Å². The first kappa shape index (κ1) is 15.9. The first-order valence-electron chi connectivity index (χ1n) is 6.64. The normalized spacial score (nSPS) is 12.4. The number of halogens is 4. The van der Waals surface area contributed by atoms with Crippen molar-refractivity contribution >= 4 is 11.6 Å². The van der Waals surface area contributed by atoms with Gasteiger partial charge in [0.1, 0.15) is 17.5 Å². The van der Waals surface area contributed by atoms with Crippen molar-refractivity contribution in [3.63, 3.8) is 0 Å². The van der Waals surface area contributed by atoms with Gasteiger partial charge < -0.3 is 5.32 Å². The van der Waals surface area contributed by atoms with Crippen LogP contribution in [0.1, 0.15) is 24.1 Å². The highest BCUT2D eigenvalue weighted by atomic mass is 35.5. The van der Waals surface area contributed by atoms with Gasteiger partial charge in [0.05, 0.1) is 5.02 Å². The zero-order valence-corrected chi connectivity index (χ0v) is 12.2. The molecule has 0 spiro atoms. The number of hydrogen-bond donors (Lipinski definition) is 1. The van der Waals surface area contributed by atoms with Gasteiger partial charge in [-0.3, -0.25) is 0 Å². The van der Waals surface area contributed by atoms with Crippen molar-refractivity contribution in [2.24, 2.45) is 0 Å². The van der Waals surface area contributed by atoms with E-state index in [0.29, 0.717) is 12.1 Å². The largest absolute Gasteiger partial charge is 0.310 e. The van der Waals surface area contributed by atoms with Crippen LogP contribution in [0.15, 0.2) is 36.4 Å². The molecule has 1 nitrogen and oxygen atoms in total. The average Bonchev–Trinajstić information content (AvgIpc) is 2.46. The maximum atomic E-state index is 14.0. The zero-order chi connectivity index (χ0) is 15.4. The molecule has 0 saturated heterocycles. The third-order valence-electron chi connectivity index (χ3n) is 3.24. The maximum absolute atomic E-state index is 14.0. The lowest BCUT2D eigenvalue weighted by Gasteiger charge is -2.19. The molecule has 0 aliphatic carbocycles. The number of hydrogen-bond acceptors (Lipinski definition) is 1. The summed E-state index contributed by atoms with van der Waals surface area (Å²) in [6.45, 7) is 2.39. The summed E-state index contributed by atoms with van der Waals surface area (Å²) in [7, 11) is 0. The summed E-state index contributed by atoms with van der Waals surface area (Å²) in [4.78, 5) is 0. The van der Waals surface area contributed by atoms with Crippen LogP contribution in [-0.2, 0) is 6.42 Å². The van der Waals surface area contributed by atoms with Crippen molar-refractivity contribution in [1.29, 1.82) is 0 Å². The minimum Gasteiger partial charge on any atom is -0.310 e. The van der Waals surface area contributed by atoms with Crippen molar-refractivity contribution in [3.8, 4) is 0 Å².